The Labute approximate surface area is 128 Å². The second kappa shape index (κ2) is 6.35. The normalized spacial score (nSPS) is 12.7. The molecule has 0 radical (unpaired) electrons. The SMILES string of the molecule is Cc1cccc2cc(C(CSc3ccccc3)NN)oc12. The van der Waals surface area contributed by atoms with Gasteiger partial charge >= 0.3 is 0 Å². The monoisotopic (exact) mass is 298 g/mol. The summed E-state index contributed by atoms with van der Waals surface area (Å²) in [6.45, 7) is 2.05. The van der Waals surface area contributed by atoms with Crippen LogP contribution in [0.4, 0.5) is 0 Å². The molecule has 108 valence electrons. The third kappa shape index (κ3) is 3.13. The number of hydrogen-bond acceptors (Lipinski definition) is 4. The summed E-state index contributed by atoms with van der Waals surface area (Å²) in [5.74, 6) is 7.40. The molecule has 3 nitrogen and oxygen atoms in total. The fourth-order valence-electron chi connectivity index (χ4n) is 2.31. The summed E-state index contributed by atoms with van der Waals surface area (Å²) in [5.41, 5.74) is 4.94. The summed E-state index contributed by atoms with van der Waals surface area (Å²) < 4.78 is 5.98. The quantitative estimate of drug-likeness (QED) is 0.424. The topological polar surface area (TPSA) is 51.2 Å². The number of aryl methyl sites for hydroxylation is 1. The lowest BCUT2D eigenvalue weighted by Gasteiger charge is -2.12. The summed E-state index contributed by atoms with van der Waals surface area (Å²) in [6, 6.07) is 18.5. The number of rotatable bonds is 5. The van der Waals surface area contributed by atoms with Gasteiger partial charge in [-0.25, -0.2) is 5.43 Å². The van der Waals surface area contributed by atoms with Gasteiger partial charge in [0.1, 0.15) is 11.3 Å². The Kier molecular flexibility index (Phi) is 4.29. The van der Waals surface area contributed by atoms with Crippen LogP contribution < -0.4 is 11.3 Å². The maximum atomic E-state index is 5.98. The highest BCUT2D eigenvalue weighted by molar-refractivity contribution is 7.99. The number of para-hydroxylation sites is 1. The second-order valence-corrected chi connectivity index (χ2v) is 6.08. The zero-order valence-electron chi connectivity index (χ0n) is 11.9. The van der Waals surface area contributed by atoms with Crippen LogP contribution in [0, 0.1) is 6.92 Å². The van der Waals surface area contributed by atoms with E-state index in [2.05, 4.69) is 42.7 Å². The second-order valence-electron chi connectivity index (χ2n) is 4.99. The molecule has 0 aliphatic heterocycles. The molecule has 1 atom stereocenters. The molecule has 3 aromatic rings. The Bertz CT molecular complexity index is 724. The Hall–Kier alpha value is -1.75. The highest BCUT2D eigenvalue weighted by atomic mass is 32.2. The van der Waals surface area contributed by atoms with Crippen molar-refractivity contribution in [2.24, 2.45) is 5.84 Å². The molecule has 0 saturated carbocycles. The van der Waals surface area contributed by atoms with Crippen molar-refractivity contribution >= 4 is 22.7 Å². The van der Waals surface area contributed by atoms with Crippen molar-refractivity contribution in [1.82, 2.24) is 5.43 Å². The van der Waals surface area contributed by atoms with E-state index in [1.54, 1.807) is 11.8 Å². The molecule has 0 fully saturated rings. The Balaban J connectivity index is 1.80. The first kappa shape index (κ1) is 14.2. The lowest BCUT2D eigenvalue weighted by atomic mass is 10.1. The number of hydrogen-bond donors (Lipinski definition) is 2. The molecular formula is C17H18N2OS. The van der Waals surface area contributed by atoms with E-state index < -0.39 is 0 Å². The first-order chi connectivity index (χ1) is 10.3. The number of hydrazine groups is 1. The van der Waals surface area contributed by atoms with Gasteiger partial charge in [-0.1, -0.05) is 36.4 Å². The fraction of sp³-hybridized carbons (Fsp3) is 0.176. The molecule has 1 aromatic heterocycles. The lowest BCUT2D eigenvalue weighted by molar-refractivity contribution is 0.463. The minimum absolute atomic E-state index is 0.0120. The molecule has 2 aromatic carbocycles. The van der Waals surface area contributed by atoms with Gasteiger partial charge in [0.15, 0.2) is 0 Å². The van der Waals surface area contributed by atoms with Crippen molar-refractivity contribution in [2.45, 2.75) is 17.9 Å². The number of nitrogens with one attached hydrogen (secondary N) is 1. The van der Waals surface area contributed by atoms with Crippen molar-refractivity contribution in [1.29, 1.82) is 0 Å². The summed E-state index contributed by atoms with van der Waals surface area (Å²) in [4.78, 5) is 1.23. The number of nitrogens with two attached hydrogens (primary N) is 1. The van der Waals surface area contributed by atoms with E-state index in [1.807, 2.05) is 24.3 Å². The fourth-order valence-corrected chi connectivity index (χ4v) is 3.28. The van der Waals surface area contributed by atoms with Crippen molar-refractivity contribution in [2.75, 3.05) is 5.75 Å². The molecule has 21 heavy (non-hydrogen) atoms. The number of furan rings is 1. The van der Waals surface area contributed by atoms with E-state index in [9.17, 15) is 0 Å². The van der Waals surface area contributed by atoms with Crippen LogP contribution in [0.2, 0.25) is 0 Å². The summed E-state index contributed by atoms with van der Waals surface area (Å²) in [5, 5.41) is 1.12. The molecule has 0 aliphatic rings. The van der Waals surface area contributed by atoms with E-state index in [0.717, 1.165) is 28.0 Å². The highest BCUT2D eigenvalue weighted by Crippen LogP contribution is 2.29. The van der Waals surface area contributed by atoms with Crippen molar-refractivity contribution in [3.63, 3.8) is 0 Å². The van der Waals surface area contributed by atoms with Gasteiger partial charge in [0.2, 0.25) is 0 Å². The van der Waals surface area contributed by atoms with E-state index in [-0.39, 0.29) is 6.04 Å². The van der Waals surface area contributed by atoms with Crippen LogP contribution in [0.5, 0.6) is 0 Å². The van der Waals surface area contributed by atoms with Crippen LogP contribution >= 0.6 is 11.8 Å². The van der Waals surface area contributed by atoms with Crippen molar-refractivity contribution in [3.05, 3.63) is 65.9 Å². The van der Waals surface area contributed by atoms with Gasteiger partial charge in [0.25, 0.3) is 0 Å². The van der Waals surface area contributed by atoms with Crippen LogP contribution in [0.25, 0.3) is 11.0 Å². The summed E-state index contributed by atoms with van der Waals surface area (Å²) >= 11 is 1.76. The third-order valence-electron chi connectivity index (χ3n) is 3.46. The van der Waals surface area contributed by atoms with Crippen LogP contribution in [0.3, 0.4) is 0 Å². The number of benzene rings is 2. The minimum atomic E-state index is -0.0120. The molecule has 0 spiro atoms. The first-order valence-electron chi connectivity index (χ1n) is 6.91. The zero-order chi connectivity index (χ0) is 14.7. The van der Waals surface area contributed by atoms with E-state index in [1.165, 1.54) is 4.90 Å². The standard InChI is InChI=1S/C17H18N2OS/c1-12-6-5-7-13-10-16(20-17(12)13)15(19-18)11-21-14-8-3-2-4-9-14/h2-10,15,19H,11,18H2,1H3. The summed E-state index contributed by atoms with van der Waals surface area (Å²) in [6.07, 6.45) is 0. The highest BCUT2D eigenvalue weighted by Gasteiger charge is 2.16. The van der Waals surface area contributed by atoms with Gasteiger partial charge in [0, 0.05) is 16.0 Å². The zero-order valence-corrected chi connectivity index (χ0v) is 12.7. The molecule has 0 saturated heterocycles. The van der Waals surface area contributed by atoms with Gasteiger partial charge in [0.05, 0.1) is 6.04 Å². The number of fused-ring (bicyclic) bond motifs is 1. The van der Waals surface area contributed by atoms with Gasteiger partial charge in [-0.3, -0.25) is 5.84 Å². The third-order valence-corrected chi connectivity index (χ3v) is 4.57. The van der Waals surface area contributed by atoms with Crippen LogP contribution in [-0.2, 0) is 0 Å². The molecule has 3 N–H and O–H groups in total. The van der Waals surface area contributed by atoms with Crippen molar-refractivity contribution in [3.8, 4) is 0 Å². The van der Waals surface area contributed by atoms with Crippen LogP contribution in [-0.4, -0.2) is 5.75 Å². The van der Waals surface area contributed by atoms with Crippen LogP contribution in [0.1, 0.15) is 17.4 Å². The summed E-state index contributed by atoms with van der Waals surface area (Å²) in [7, 11) is 0. The van der Waals surface area contributed by atoms with Gasteiger partial charge in [-0.05, 0) is 30.7 Å². The van der Waals surface area contributed by atoms with E-state index >= 15 is 0 Å². The van der Waals surface area contributed by atoms with Gasteiger partial charge in [-0.2, -0.15) is 0 Å². The molecule has 1 heterocycles. The molecule has 4 heteroatoms. The van der Waals surface area contributed by atoms with E-state index in [4.69, 9.17) is 10.3 Å². The van der Waals surface area contributed by atoms with E-state index in [0.29, 0.717) is 0 Å². The molecule has 0 bridgehead atoms. The Morgan fingerprint density at radius 3 is 2.67 bits per heavy atom. The maximum absolute atomic E-state index is 5.98. The van der Waals surface area contributed by atoms with Gasteiger partial charge in [-0.15, -0.1) is 11.8 Å². The van der Waals surface area contributed by atoms with Gasteiger partial charge < -0.3 is 4.42 Å². The lowest BCUT2D eigenvalue weighted by Crippen LogP contribution is -2.29. The average Bonchev–Trinajstić information content (AvgIpc) is 2.94. The van der Waals surface area contributed by atoms with Crippen molar-refractivity contribution < 1.29 is 4.42 Å². The molecular weight excluding hydrogens is 280 g/mol. The number of thioether (sulfide) groups is 1. The largest absolute Gasteiger partial charge is 0.459 e. The predicted octanol–water partition coefficient (Wildman–Crippen LogP) is 4.04. The average molecular weight is 298 g/mol. The Morgan fingerprint density at radius 2 is 1.95 bits per heavy atom. The smallest absolute Gasteiger partial charge is 0.137 e. The van der Waals surface area contributed by atoms with Crippen LogP contribution in [0.15, 0.2) is 63.9 Å². The molecule has 3 rings (SSSR count). The molecule has 1 unspecified atom stereocenters. The minimum Gasteiger partial charge on any atom is -0.459 e. The predicted molar refractivity (Wildman–Crippen MR) is 88.2 cm³/mol. The molecule has 0 amide bonds. The Morgan fingerprint density at radius 1 is 1.14 bits per heavy atom. The maximum Gasteiger partial charge on any atom is 0.137 e. The first-order valence-corrected chi connectivity index (χ1v) is 7.89. The molecule has 0 aliphatic carbocycles.